The summed E-state index contributed by atoms with van der Waals surface area (Å²) < 4.78 is 6.97. The van der Waals surface area contributed by atoms with E-state index >= 15 is 0 Å². The molecule has 0 saturated heterocycles. The summed E-state index contributed by atoms with van der Waals surface area (Å²) in [5.41, 5.74) is 2.36. The number of rotatable bonds is 3. The Morgan fingerprint density at radius 1 is 0.960 bits per heavy atom. The predicted octanol–water partition coefficient (Wildman–Crippen LogP) is 6.28. The number of benzene rings is 3. The van der Waals surface area contributed by atoms with Crippen molar-refractivity contribution in [2.45, 2.75) is 0 Å². The van der Waals surface area contributed by atoms with E-state index in [1.54, 1.807) is 29.5 Å². The van der Waals surface area contributed by atoms with Gasteiger partial charge in [0.25, 0.3) is 0 Å². The highest BCUT2D eigenvalue weighted by Gasteiger charge is 2.10. The van der Waals surface area contributed by atoms with Crippen LogP contribution in [0.2, 0.25) is 5.02 Å². The molecule has 0 aliphatic rings. The lowest BCUT2D eigenvalue weighted by Gasteiger charge is -2.08. The van der Waals surface area contributed by atoms with Gasteiger partial charge in [-0.2, -0.15) is 5.26 Å². The number of hydrogen-bond acceptors (Lipinski definition) is 4. The smallest absolute Gasteiger partial charge is 0.146 e. The van der Waals surface area contributed by atoms with E-state index in [4.69, 9.17) is 16.3 Å². The van der Waals surface area contributed by atoms with Gasteiger partial charge in [0, 0.05) is 5.56 Å². The molecule has 3 nitrogen and oxygen atoms in total. The van der Waals surface area contributed by atoms with E-state index in [1.807, 2.05) is 42.5 Å². The van der Waals surface area contributed by atoms with Gasteiger partial charge in [0.2, 0.25) is 0 Å². The first-order valence-corrected chi connectivity index (χ1v) is 8.76. The fraction of sp³-hybridized carbons (Fsp3) is 0. The normalized spacial score (nSPS) is 10.6. The van der Waals surface area contributed by atoms with Gasteiger partial charge in [0.1, 0.15) is 28.1 Å². The number of para-hydroxylation sites is 1. The Bertz CT molecular complexity index is 1060. The van der Waals surface area contributed by atoms with E-state index in [2.05, 4.69) is 17.1 Å². The maximum Gasteiger partial charge on any atom is 0.146 e. The first kappa shape index (κ1) is 15.6. The van der Waals surface area contributed by atoms with Gasteiger partial charge in [-0.25, -0.2) is 4.98 Å². The summed E-state index contributed by atoms with van der Waals surface area (Å²) in [4.78, 5) is 4.65. The van der Waals surface area contributed by atoms with Crippen molar-refractivity contribution in [3.05, 3.63) is 77.3 Å². The average molecular weight is 363 g/mol. The van der Waals surface area contributed by atoms with Crippen LogP contribution in [0.25, 0.3) is 20.8 Å². The molecule has 0 unspecified atom stereocenters. The summed E-state index contributed by atoms with van der Waals surface area (Å²) >= 11 is 7.69. The van der Waals surface area contributed by atoms with Crippen LogP contribution in [0.1, 0.15) is 5.56 Å². The fourth-order valence-electron chi connectivity index (χ4n) is 2.49. The van der Waals surface area contributed by atoms with Crippen molar-refractivity contribution in [3.63, 3.8) is 0 Å². The molecule has 0 aliphatic heterocycles. The van der Waals surface area contributed by atoms with Gasteiger partial charge in [0.05, 0.1) is 15.2 Å². The molecule has 0 radical (unpaired) electrons. The number of thiazole rings is 1. The second-order valence-electron chi connectivity index (χ2n) is 5.34. The lowest BCUT2D eigenvalue weighted by Crippen LogP contribution is -1.89. The van der Waals surface area contributed by atoms with Crippen molar-refractivity contribution in [2.75, 3.05) is 0 Å². The first-order valence-electron chi connectivity index (χ1n) is 7.57. The largest absolute Gasteiger partial charge is 0.456 e. The Morgan fingerprint density at radius 2 is 1.76 bits per heavy atom. The van der Waals surface area contributed by atoms with Crippen LogP contribution < -0.4 is 4.74 Å². The first-order chi connectivity index (χ1) is 12.2. The minimum Gasteiger partial charge on any atom is -0.456 e. The minimum atomic E-state index is 0.333. The van der Waals surface area contributed by atoms with Gasteiger partial charge < -0.3 is 4.74 Å². The van der Waals surface area contributed by atoms with Gasteiger partial charge in [-0.1, -0.05) is 29.8 Å². The average Bonchev–Trinajstić information content (AvgIpc) is 3.07. The lowest BCUT2D eigenvalue weighted by molar-refractivity contribution is 0.481. The molecular weight excluding hydrogens is 352 g/mol. The molecule has 1 heterocycles. The monoisotopic (exact) mass is 362 g/mol. The van der Waals surface area contributed by atoms with Crippen LogP contribution in [-0.4, -0.2) is 4.98 Å². The summed E-state index contributed by atoms with van der Waals surface area (Å²) in [6.45, 7) is 0. The van der Waals surface area contributed by atoms with Gasteiger partial charge >= 0.3 is 0 Å². The summed E-state index contributed by atoms with van der Waals surface area (Å²) in [5, 5.41) is 10.6. The van der Waals surface area contributed by atoms with Gasteiger partial charge in [-0.05, 0) is 48.5 Å². The molecule has 0 atom stereocenters. The van der Waals surface area contributed by atoms with Crippen molar-refractivity contribution in [2.24, 2.45) is 0 Å². The third-order valence-electron chi connectivity index (χ3n) is 3.71. The zero-order valence-electron chi connectivity index (χ0n) is 12.9. The second-order valence-corrected chi connectivity index (χ2v) is 6.78. The lowest BCUT2D eigenvalue weighted by atomic mass is 10.2. The van der Waals surface area contributed by atoms with Gasteiger partial charge in [-0.3, -0.25) is 0 Å². The Morgan fingerprint density at radius 3 is 2.52 bits per heavy atom. The number of ether oxygens (including phenoxy) is 1. The molecule has 25 heavy (non-hydrogen) atoms. The van der Waals surface area contributed by atoms with Crippen LogP contribution in [0.5, 0.6) is 11.5 Å². The molecule has 4 rings (SSSR count). The zero-order chi connectivity index (χ0) is 17.2. The van der Waals surface area contributed by atoms with Crippen LogP contribution >= 0.6 is 22.9 Å². The fourth-order valence-corrected chi connectivity index (χ4v) is 3.67. The SMILES string of the molecule is N#Cc1c(Cl)cccc1Oc1ccc(-c2nc3ccccc3s2)cc1. The number of nitriles is 1. The van der Waals surface area contributed by atoms with E-state index in [0.717, 1.165) is 20.8 Å². The maximum atomic E-state index is 9.22. The van der Waals surface area contributed by atoms with Gasteiger partial charge in [0.15, 0.2) is 0 Å². The number of hydrogen-bond donors (Lipinski definition) is 0. The van der Waals surface area contributed by atoms with Crippen LogP contribution in [-0.2, 0) is 0 Å². The Balaban J connectivity index is 1.62. The minimum absolute atomic E-state index is 0.333. The third-order valence-corrected chi connectivity index (χ3v) is 5.11. The molecule has 0 aliphatic carbocycles. The highest BCUT2D eigenvalue weighted by atomic mass is 35.5. The highest BCUT2D eigenvalue weighted by molar-refractivity contribution is 7.21. The molecule has 0 spiro atoms. The Hall–Kier alpha value is -2.87. The van der Waals surface area contributed by atoms with E-state index in [0.29, 0.717) is 22.1 Å². The van der Waals surface area contributed by atoms with Crippen molar-refractivity contribution in [3.8, 4) is 28.1 Å². The number of nitrogens with zero attached hydrogens (tertiary/aromatic N) is 2. The highest BCUT2D eigenvalue weighted by Crippen LogP contribution is 2.33. The van der Waals surface area contributed by atoms with Crippen molar-refractivity contribution >= 4 is 33.2 Å². The molecule has 1 aromatic heterocycles. The zero-order valence-corrected chi connectivity index (χ0v) is 14.5. The molecule has 0 saturated carbocycles. The van der Waals surface area contributed by atoms with Crippen molar-refractivity contribution in [1.82, 2.24) is 4.98 Å². The number of halogens is 1. The molecule has 0 bridgehead atoms. The quantitative estimate of drug-likeness (QED) is 0.430. The molecule has 120 valence electrons. The molecular formula is C20H11ClN2OS. The van der Waals surface area contributed by atoms with Crippen LogP contribution in [0.15, 0.2) is 66.7 Å². The standard InChI is InChI=1S/C20H11ClN2OS/c21-16-4-3-6-18(15(16)12-22)24-14-10-8-13(9-11-14)20-23-17-5-1-2-7-19(17)25-20/h1-11H. The van der Waals surface area contributed by atoms with Crippen LogP contribution in [0, 0.1) is 11.3 Å². The summed E-state index contributed by atoms with van der Waals surface area (Å²) in [6.07, 6.45) is 0. The Labute approximate surface area is 153 Å². The van der Waals surface area contributed by atoms with Gasteiger partial charge in [-0.15, -0.1) is 11.3 Å². The molecule has 0 amide bonds. The van der Waals surface area contributed by atoms with Crippen molar-refractivity contribution in [1.29, 1.82) is 5.26 Å². The van der Waals surface area contributed by atoms with Crippen molar-refractivity contribution < 1.29 is 4.74 Å². The number of aromatic nitrogens is 1. The van der Waals surface area contributed by atoms with E-state index in [1.165, 1.54) is 0 Å². The maximum absolute atomic E-state index is 9.22. The molecule has 5 heteroatoms. The molecule has 4 aromatic rings. The third kappa shape index (κ3) is 3.08. The number of fused-ring (bicyclic) bond motifs is 1. The summed E-state index contributed by atoms with van der Waals surface area (Å²) in [5.74, 6) is 1.09. The molecule has 0 fully saturated rings. The van der Waals surface area contributed by atoms with E-state index in [9.17, 15) is 5.26 Å². The Kier molecular flexibility index (Phi) is 4.10. The topological polar surface area (TPSA) is 45.9 Å². The predicted molar refractivity (Wildman–Crippen MR) is 101 cm³/mol. The molecule has 0 N–H and O–H groups in total. The summed E-state index contributed by atoms with van der Waals surface area (Å²) in [6, 6.07) is 23.0. The van der Waals surface area contributed by atoms with E-state index < -0.39 is 0 Å². The van der Waals surface area contributed by atoms with E-state index in [-0.39, 0.29) is 0 Å². The second kappa shape index (κ2) is 6.56. The van der Waals surface area contributed by atoms with Crippen LogP contribution in [0.4, 0.5) is 0 Å². The summed E-state index contributed by atoms with van der Waals surface area (Å²) in [7, 11) is 0. The van der Waals surface area contributed by atoms with Crippen LogP contribution in [0.3, 0.4) is 0 Å². The molecule has 3 aromatic carbocycles.